The molecule has 0 aromatic heterocycles. The number of likely N-dealkylation sites (tertiary alicyclic amines) is 1. The molecule has 94 valence electrons. The van der Waals surface area contributed by atoms with Gasteiger partial charge in [0.15, 0.2) is 0 Å². The van der Waals surface area contributed by atoms with Crippen molar-refractivity contribution in [2.75, 3.05) is 19.6 Å². The van der Waals surface area contributed by atoms with Crippen LogP contribution in [0.4, 0.5) is 0 Å². The van der Waals surface area contributed by atoms with Crippen molar-refractivity contribution < 1.29 is 0 Å². The topological polar surface area (TPSA) is 15.3 Å². The quantitative estimate of drug-likeness (QED) is 0.793. The lowest BCUT2D eigenvalue weighted by Crippen LogP contribution is -2.52. The van der Waals surface area contributed by atoms with E-state index in [0.717, 1.165) is 18.6 Å². The Morgan fingerprint density at radius 1 is 0.938 bits per heavy atom. The summed E-state index contributed by atoms with van der Waals surface area (Å²) in [6.07, 6.45) is 11.5. The van der Waals surface area contributed by atoms with Gasteiger partial charge in [-0.25, -0.2) is 0 Å². The molecule has 0 radical (unpaired) electrons. The number of nitrogens with zero attached hydrogens (tertiary/aromatic N) is 1. The van der Waals surface area contributed by atoms with Gasteiger partial charge in [0.05, 0.1) is 0 Å². The molecule has 1 saturated heterocycles. The molecule has 1 aliphatic heterocycles. The van der Waals surface area contributed by atoms with Crippen molar-refractivity contribution in [3.05, 3.63) is 0 Å². The summed E-state index contributed by atoms with van der Waals surface area (Å²) >= 11 is 0. The molecule has 1 saturated carbocycles. The van der Waals surface area contributed by atoms with Crippen LogP contribution in [0.3, 0.4) is 0 Å². The lowest BCUT2D eigenvalue weighted by Gasteiger charge is -2.40. The molecule has 2 aliphatic rings. The van der Waals surface area contributed by atoms with Crippen LogP contribution in [0.1, 0.15) is 58.3 Å². The summed E-state index contributed by atoms with van der Waals surface area (Å²) in [6.45, 7) is 6.09. The summed E-state index contributed by atoms with van der Waals surface area (Å²) < 4.78 is 0. The molecule has 2 rings (SSSR count). The fraction of sp³-hybridized carbons (Fsp3) is 1.00. The summed E-state index contributed by atoms with van der Waals surface area (Å²) in [4.78, 5) is 2.79. The zero-order valence-corrected chi connectivity index (χ0v) is 10.9. The van der Waals surface area contributed by atoms with Gasteiger partial charge in [0.2, 0.25) is 0 Å². The minimum atomic E-state index is 0.775. The molecule has 1 aliphatic carbocycles. The molecule has 1 heterocycles. The predicted octanol–water partition coefficient (Wildman–Crippen LogP) is 2.78. The summed E-state index contributed by atoms with van der Waals surface area (Å²) in [5.41, 5.74) is 0. The minimum absolute atomic E-state index is 0.775. The van der Waals surface area contributed by atoms with Crippen LogP contribution < -0.4 is 5.32 Å². The largest absolute Gasteiger partial charge is 0.313 e. The molecule has 1 N–H and O–H groups in total. The maximum absolute atomic E-state index is 3.71. The Morgan fingerprint density at radius 3 is 2.31 bits per heavy atom. The monoisotopic (exact) mass is 224 g/mol. The fourth-order valence-corrected chi connectivity index (χ4v) is 3.48. The summed E-state index contributed by atoms with van der Waals surface area (Å²) in [7, 11) is 0. The van der Waals surface area contributed by atoms with E-state index >= 15 is 0 Å². The Hall–Kier alpha value is -0.0800. The average Bonchev–Trinajstić information content (AvgIpc) is 2.59. The first-order valence-corrected chi connectivity index (χ1v) is 7.39. The molecule has 0 spiro atoms. The molecule has 2 nitrogen and oxygen atoms in total. The first-order chi connectivity index (χ1) is 7.92. The molecule has 2 atom stereocenters. The molecule has 0 aromatic rings. The van der Waals surface area contributed by atoms with E-state index in [-0.39, 0.29) is 0 Å². The lowest BCUT2D eigenvalue weighted by atomic mass is 9.89. The zero-order valence-electron chi connectivity index (χ0n) is 10.9. The average molecular weight is 224 g/mol. The van der Waals surface area contributed by atoms with Gasteiger partial charge in [0.25, 0.3) is 0 Å². The van der Waals surface area contributed by atoms with E-state index < -0.39 is 0 Å². The highest BCUT2D eigenvalue weighted by Gasteiger charge is 2.29. The highest BCUT2D eigenvalue weighted by molar-refractivity contribution is 4.88. The molecule has 16 heavy (non-hydrogen) atoms. The van der Waals surface area contributed by atoms with Crippen LogP contribution in [0.5, 0.6) is 0 Å². The van der Waals surface area contributed by atoms with E-state index in [1.165, 1.54) is 64.5 Å². The summed E-state index contributed by atoms with van der Waals surface area (Å²) in [6, 6.07) is 1.61. The number of nitrogens with one attached hydrogen (secondary N) is 1. The van der Waals surface area contributed by atoms with Crippen LogP contribution in [-0.2, 0) is 0 Å². The first-order valence-electron chi connectivity index (χ1n) is 7.39. The van der Waals surface area contributed by atoms with Gasteiger partial charge < -0.3 is 5.32 Å². The Labute approximate surface area is 101 Å². The van der Waals surface area contributed by atoms with E-state index in [0.29, 0.717) is 0 Å². The lowest BCUT2D eigenvalue weighted by molar-refractivity contribution is 0.126. The molecule has 0 aromatic carbocycles. The summed E-state index contributed by atoms with van der Waals surface area (Å²) in [5, 5.41) is 3.71. The first kappa shape index (κ1) is 12.4. The second-order valence-electron chi connectivity index (χ2n) is 5.47. The van der Waals surface area contributed by atoms with Gasteiger partial charge in [-0.05, 0) is 45.3 Å². The Balaban J connectivity index is 1.92. The van der Waals surface area contributed by atoms with E-state index in [2.05, 4.69) is 17.1 Å². The number of hydrogen-bond acceptors (Lipinski definition) is 2. The Bertz CT molecular complexity index is 183. The molecule has 0 amide bonds. The van der Waals surface area contributed by atoms with E-state index in [1.807, 2.05) is 0 Å². The van der Waals surface area contributed by atoms with Gasteiger partial charge in [-0.1, -0.05) is 32.6 Å². The van der Waals surface area contributed by atoms with Crippen molar-refractivity contribution in [3.8, 4) is 0 Å². The van der Waals surface area contributed by atoms with Crippen molar-refractivity contribution in [1.29, 1.82) is 0 Å². The second kappa shape index (κ2) is 6.61. The molecule has 2 heteroatoms. The Morgan fingerprint density at radius 2 is 1.62 bits per heavy atom. The molecular weight excluding hydrogens is 196 g/mol. The number of rotatable bonds is 3. The predicted molar refractivity (Wildman–Crippen MR) is 69.8 cm³/mol. The smallest absolute Gasteiger partial charge is 0.0249 e. The minimum Gasteiger partial charge on any atom is -0.313 e. The van der Waals surface area contributed by atoms with Gasteiger partial charge in [0.1, 0.15) is 0 Å². The standard InChI is InChI=1S/C14H28N2/c1-2-15-13-9-5-6-10-14(13)16-11-7-3-4-8-12-16/h13-15H,2-12H2,1H3. The van der Waals surface area contributed by atoms with Gasteiger partial charge >= 0.3 is 0 Å². The van der Waals surface area contributed by atoms with Crippen molar-refractivity contribution in [2.24, 2.45) is 0 Å². The Kier molecular flexibility index (Phi) is 5.11. The van der Waals surface area contributed by atoms with Crippen LogP contribution in [0.25, 0.3) is 0 Å². The third-order valence-electron chi connectivity index (χ3n) is 4.31. The molecule has 2 unspecified atom stereocenters. The van der Waals surface area contributed by atoms with Crippen LogP contribution in [0, 0.1) is 0 Å². The van der Waals surface area contributed by atoms with Crippen LogP contribution >= 0.6 is 0 Å². The van der Waals surface area contributed by atoms with Crippen molar-refractivity contribution >= 4 is 0 Å². The molecule has 0 bridgehead atoms. The fourth-order valence-electron chi connectivity index (χ4n) is 3.48. The second-order valence-corrected chi connectivity index (χ2v) is 5.47. The van der Waals surface area contributed by atoms with E-state index in [9.17, 15) is 0 Å². The van der Waals surface area contributed by atoms with Crippen LogP contribution in [0.15, 0.2) is 0 Å². The molecular formula is C14H28N2. The highest BCUT2D eigenvalue weighted by atomic mass is 15.2. The van der Waals surface area contributed by atoms with Gasteiger partial charge in [-0.3, -0.25) is 4.90 Å². The number of likely N-dealkylation sites (N-methyl/N-ethyl adjacent to an activating group) is 1. The van der Waals surface area contributed by atoms with Gasteiger partial charge in [-0.15, -0.1) is 0 Å². The van der Waals surface area contributed by atoms with Crippen LogP contribution in [-0.4, -0.2) is 36.6 Å². The highest BCUT2D eigenvalue weighted by Crippen LogP contribution is 2.25. The van der Waals surface area contributed by atoms with Crippen LogP contribution in [0.2, 0.25) is 0 Å². The van der Waals surface area contributed by atoms with E-state index in [4.69, 9.17) is 0 Å². The van der Waals surface area contributed by atoms with Crippen molar-refractivity contribution in [1.82, 2.24) is 10.2 Å². The maximum Gasteiger partial charge on any atom is 0.0249 e. The summed E-state index contributed by atoms with van der Waals surface area (Å²) in [5.74, 6) is 0. The molecule has 2 fully saturated rings. The van der Waals surface area contributed by atoms with Crippen molar-refractivity contribution in [2.45, 2.75) is 70.4 Å². The van der Waals surface area contributed by atoms with Gasteiger partial charge in [-0.2, -0.15) is 0 Å². The van der Waals surface area contributed by atoms with Gasteiger partial charge in [0, 0.05) is 12.1 Å². The number of hydrogen-bond donors (Lipinski definition) is 1. The third-order valence-corrected chi connectivity index (χ3v) is 4.31. The SMILES string of the molecule is CCNC1CCCCC1N1CCCCCC1. The van der Waals surface area contributed by atoms with Crippen molar-refractivity contribution in [3.63, 3.8) is 0 Å². The maximum atomic E-state index is 3.71. The zero-order chi connectivity index (χ0) is 11.2. The normalized spacial score (nSPS) is 33.6. The third kappa shape index (κ3) is 3.21. The van der Waals surface area contributed by atoms with E-state index in [1.54, 1.807) is 0 Å².